The summed E-state index contributed by atoms with van der Waals surface area (Å²) >= 11 is 0. The van der Waals surface area contributed by atoms with E-state index >= 15 is 0 Å². The lowest BCUT2D eigenvalue weighted by molar-refractivity contribution is 0.360. The van der Waals surface area contributed by atoms with Gasteiger partial charge in [0.2, 0.25) is 0 Å². The van der Waals surface area contributed by atoms with E-state index in [0.29, 0.717) is 18.2 Å². The highest BCUT2D eigenvalue weighted by molar-refractivity contribution is 5.74. The monoisotopic (exact) mass is 287 g/mol. The van der Waals surface area contributed by atoms with Gasteiger partial charge in [0.1, 0.15) is 5.69 Å². The van der Waals surface area contributed by atoms with Crippen molar-refractivity contribution < 1.29 is 0 Å². The van der Waals surface area contributed by atoms with Crippen LogP contribution in [-0.4, -0.2) is 21.6 Å². The minimum atomic E-state index is 0.0105. The van der Waals surface area contributed by atoms with Gasteiger partial charge in [0.25, 0.3) is 5.56 Å². The number of nitrogens with zero attached hydrogens (tertiary/aromatic N) is 2. The van der Waals surface area contributed by atoms with Gasteiger partial charge in [-0.2, -0.15) is 0 Å². The van der Waals surface area contributed by atoms with Crippen molar-refractivity contribution in [2.45, 2.75) is 46.7 Å². The van der Waals surface area contributed by atoms with Crippen LogP contribution in [0, 0.1) is 12.8 Å². The lowest BCUT2D eigenvalue weighted by atomic mass is 10.1. The zero-order valence-corrected chi connectivity index (χ0v) is 13.6. The highest BCUT2D eigenvalue weighted by Crippen LogP contribution is 2.12. The Balaban J connectivity index is 2.29. The zero-order valence-electron chi connectivity index (χ0n) is 13.6. The van der Waals surface area contributed by atoms with Crippen LogP contribution in [0.4, 0.5) is 0 Å². The smallest absolute Gasteiger partial charge is 0.272 e. The Bertz CT molecular complexity index is 682. The highest BCUT2D eigenvalue weighted by atomic mass is 16.1. The highest BCUT2D eigenvalue weighted by Gasteiger charge is 2.14. The van der Waals surface area contributed by atoms with Crippen molar-refractivity contribution in [1.29, 1.82) is 0 Å². The summed E-state index contributed by atoms with van der Waals surface area (Å²) in [6, 6.07) is 7.82. The molecule has 1 aromatic heterocycles. The molecule has 0 spiro atoms. The standard InChI is InChI=1S/C17H25N3O/c1-12(10-18-17(3,4)5)11-20-15-9-7-6-8-14(15)19-13(2)16(20)21/h6-9,12,18H,10-11H2,1-5H3. The first-order valence-corrected chi connectivity index (χ1v) is 7.49. The summed E-state index contributed by atoms with van der Waals surface area (Å²) in [7, 11) is 0. The predicted octanol–water partition coefficient (Wildman–Crippen LogP) is 2.73. The fourth-order valence-electron chi connectivity index (χ4n) is 2.36. The van der Waals surface area contributed by atoms with Gasteiger partial charge in [-0.15, -0.1) is 0 Å². The summed E-state index contributed by atoms with van der Waals surface area (Å²) in [6.07, 6.45) is 0. The number of fused-ring (bicyclic) bond motifs is 1. The number of para-hydroxylation sites is 2. The summed E-state index contributed by atoms with van der Waals surface area (Å²) in [6.45, 7) is 12.0. The van der Waals surface area contributed by atoms with Crippen LogP contribution in [0.5, 0.6) is 0 Å². The molecule has 0 aliphatic carbocycles. The maximum atomic E-state index is 12.4. The molecule has 0 amide bonds. The average molecular weight is 287 g/mol. The van der Waals surface area contributed by atoms with Gasteiger partial charge in [0.05, 0.1) is 11.0 Å². The molecule has 1 unspecified atom stereocenters. The number of hydrogen-bond donors (Lipinski definition) is 1. The number of rotatable bonds is 4. The third-order valence-corrected chi connectivity index (χ3v) is 3.49. The molecule has 0 saturated carbocycles. The Hall–Kier alpha value is -1.68. The van der Waals surface area contributed by atoms with Crippen LogP contribution in [0.3, 0.4) is 0 Å². The van der Waals surface area contributed by atoms with Crippen LogP contribution in [-0.2, 0) is 6.54 Å². The van der Waals surface area contributed by atoms with E-state index in [2.05, 4.69) is 38.0 Å². The second-order valence-electron chi connectivity index (χ2n) is 6.84. The van der Waals surface area contributed by atoms with Crippen LogP contribution in [0.1, 0.15) is 33.4 Å². The quantitative estimate of drug-likeness (QED) is 0.940. The molecule has 1 atom stereocenters. The lowest BCUT2D eigenvalue weighted by Crippen LogP contribution is -2.40. The van der Waals surface area contributed by atoms with E-state index in [9.17, 15) is 4.79 Å². The first-order chi connectivity index (χ1) is 9.78. The van der Waals surface area contributed by atoms with E-state index in [1.165, 1.54) is 0 Å². The Morgan fingerprint density at radius 1 is 1.29 bits per heavy atom. The molecule has 1 aromatic carbocycles. The number of aromatic nitrogens is 2. The fraction of sp³-hybridized carbons (Fsp3) is 0.529. The average Bonchev–Trinajstić information content (AvgIpc) is 2.41. The molecule has 21 heavy (non-hydrogen) atoms. The molecule has 0 fully saturated rings. The molecule has 1 N–H and O–H groups in total. The van der Waals surface area contributed by atoms with Gasteiger partial charge in [0.15, 0.2) is 0 Å². The summed E-state index contributed by atoms with van der Waals surface area (Å²) in [5.41, 5.74) is 2.46. The van der Waals surface area contributed by atoms with E-state index in [0.717, 1.165) is 17.6 Å². The van der Waals surface area contributed by atoms with Crippen LogP contribution in [0.25, 0.3) is 11.0 Å². The number of hydrogen-bond acceptors (Lipinski definition) is 3. The lowest BCUT2D eigenvalue weighted by Gasteiger charge is -2.24. The van der Waals surface area contributed by atoms with E-state index in [1.54, 1.807) is 6.92 Å². The predicted molar refractivity (Wildman–Crippen MR) is 87.7 cm³/mol. The Morgan fingerprint density at radius 2 is 1.95 bits per heavy atom. The first kappa shape index (κ1) is 15.7. The van der Waals surface area contributed by atoms with Crippen LogP contribution >= 0.6 is 0 Å². The Morgan fingerprint density at radius 3 is 2.62 bits per heavy atom. The normalized spacial score (nSPS) is 13.6. The van der Waals surface area contributed by atoms with E-state index in [-0.39, 0.29) is 11.1 Å². The van der Waals surface area contributed by atoms with Crippen LogP contribution < -0.4 is 10.9 Å². The second kappa shape index (κ2) is 5.98. The van der Waals surface area contributed by atoms with Crippen LogP contribution in [0.2, 0.25) is 0 Å². The fourth-order valence-corrected chi connectivity index (χ4v) is 2.36. The van der Waals surface area contributed by atoms with Gasteiger partial charge in [-0.3, -0.25) is 4.79 Å². The molecule has 1 heterocycles. The molecule has 4 heteroatoms. The van der Waals surface area contributed by atoms with Gasteiger partial charge >= 0.3 is 0 Å². The van der Waals surface area contributed by atoms with E-state index < -0.39 is 0 Å². The summed E-state index contributed by atoms with van der Waals surface area (Å²) in [5.74, 6) is 0.368. The molecule has 4 nitrogen and oxygen atoms in total. The zero-order chi connectivity index (χ0) is 15.6. The molecule has 2 rings (SSSR count). The maximum absolute atomic E-state index is 12.4. The van der Waals surface area contributed by atoms with Crippen molar-refractivity contribution >= 4 is 11.0 Å². The molecule has 0 aliphatic rings. The summed E-state index contributed by atoms with van der Waals surface area (Å²) in [4.78, 5) is 16.8. The Labute approximate surface area is 126 Å². The molecule has 0 aliphatic heterocycles. The van der Waals surface area contributed by atoms with E-state index in [4.69, 9.17) is 0 Å². The molecule has 0 saturated heterocycles. The van der Waals surface area contributed by atoms with Crippen molar-refractivity contribution in [3.63, 3.8) is 0 Å². The third-order valence-electron chi connectivity index (χ3n) is 3.49. The topological polar surface area (TPSA) is 46.9 Å². The van der Waals surface area contributed by atoms with Gasteiger partial charge in [-0.25, -0.2) is 4.98 Å². The minimum Gasteiger partial charge on any atom is -0.312 e. The minimum absolute atomic E-state index is 0.0105. The summed E-state index contributed by atoms with van der Waals surface area (Å²) in [5, 5.41) is 3.49. The van der Waals surface area contributed by atoms with E-state index in [1.807, 2.05) is 28.8 Å². The molecular weight excluding hydrogens is 262 g/mol. The van der Waals surface area contributed by atoms with Gasteiger partial charge in [0, 0.05) is 12.1 Å². The first-order valence-electron chi connectivity index (χ1n) is 7.49. The van der Waals surface area contributed by atoms with Gasteiger partial charge in [-0.05, 0) is 52.3 Å². The van der Waals surface area contributed by atoms with Crippen molar-refractivity contribution in [3.8, 4) is 0 Å². The molecular formula is C17H25N3O. The van der Waals surface area contributed by atoms with Crippen molar-refractivity contribution in [1.82, 2.24) is 14.9 Å². The third kappa shape index (κ3) is 3.91. The number of nitrogens with one attached hydrogen (secondary N) is 1. The SMILES string of the molecule is Cc1nc2ccccc2n(CC(C)CNC(C)(C)C)c1=O. The van der Waals surface area contributed by atoms with Gasteiger partial charge < -0.3 is 9.88 Å². The van der Waals surface area contributed by atoms with Crippen LogP contribution in [0.15, 0.2) is 29.1 Å². The molecule has 114 valence electrons. The van der Waals surface area contributed by atoms with Crippen molar-refractivity contribution in [2.75, 3.05) is 6.54 Å². The maximum Gasteiger partial charge on any atom is 0.272 e. The molecule has 0 radical (unpaired) electrons. The largest absolute Gasteiger partial charge is 0.312 e. The van der Waals surface area contributed by atoms with Gasteiger partial charge in [-0.1, -0.05) is 19.1 Å². The molecule has 0 bridgehead atoms. The Kier molecular flexibility index (Phi) is 4.47. The summed E-state index contributed by atoms with van der Waals surface area (Å²) < 4.78 is 1.85. The van der Waals surface area contributed by atoms with Crippen molar-refractivity contribution in [3.05, 3.63) is 40.3 Å². The second-order valence-corrected chi connectivity index (χ2v) is 6.84. The van der Waals surface area contributed by atoms with Crippen molar-refractivity contribution in [2.24, 2.45) is 5.92 Å². The number of aryl methyl sites for hydroxylation is 1. The number of benzene rings is 1. The molecule has 2 aromatic rings.